The third-order valence-corrected chi connectivity index (χ3v) is 3.66. The first-order chi connectivity index (χ1) is 10.2. The Kier molecular flexibility index (Phi) is 6.01. The molecule has 7 nitrogen and oxygen atoms in total. The van der Waals surface area contributed by atoms with E-state index in [2.05, 4.69) is 15.4 Å². The molecule has 7 heteroatoms. The van der Waals surface area contributed by atoms with Crippen LogP contribution >= 0.6 is 0 Å². The van der Waals surface area contributed by atoms with Crippen LogP contribution in [0.15, 0.2) is 16.9 Å². The average molecular weight is 296 g/mol. The smallest absolute Gasteiger partial charge is 0.317 e. The molecule has 1 aliphatic rings. The van der Waals surface area contributed by atoms with Crippen molar-refractivity contribution < 1.29 is 14.1 Å². The minimum atomic E-state index is 0.0136. The van der Waals surface area contributed by atoms with E-state index in [0.717, 1.165) is 44.8 Å². The normalized spacial score (nSPS) is 17.7. The van der Waals surface area contributed by atoms with Crippen molar-refractivity contribution in [1.29, 1.82) is 0 Å². The minimum absolute atomic E-state index is 0.0136. The van der Waals surface area contributed by atoms with Crippen molar-refractivity contribution in [2.45, 2.75) is 25.9 Å². The molecule has 0 radical (unpaired) electrons. The summed E-state index contributed by atoms with van der Waals surface area (Å²) in [5, 5.41) is 6.92. The molecule has 1 fully saturated rings. The van der Waals surface area contributed by atoms with Gasteiger partial charge in [0.2, 0.25) is 0 Å². The Labute approximate surface area is 125 Å². The van der Waals surface area contributed by atoms with Crippen LogP contribution in [0.5, 0.6) is 0 Å². The Hall–Kier alpha value is -1.60. The van der Waals surface area contributed by atoms with Gasteiger partial charge in [-0.2, -0.15) is 0 Å². The molecule has 2 rings (SSSR count). The molecule has 0 spiro atoms. The zero-order chi connectivity index (χ0) is 15.1. The fraction of sp³-hybridized carbons (Fsp3) is 0.714. The molecule has 2 heterocycles. The molecule has 1 atom stereocenters. The molecule has 1 aromatic rings. The standard InChI is InChI=1S/C14H24N4O3/c1-12(3-9-20-2)15-14(19)18-7-5-17(6-8-18)11-13-4-10-21-16-13/h4,10,12H,3,5-9,11H2,1-2H3,(H,15,19)/t12-/m1/s1. The lowest BCUT2D eigenvalue weighted by atomic mass is 10.2. The fourth-order valence-corrected chi connectivity index (χ4v) is 2.33. The van der Waals surface area contributed by atoms with Crippen molar-refractivity contribution >= 4 is 6.03 Å². The molecular formula is C14H24N4O3. The van der Waals surface area contributed by atoms with E-state index in [1.807, 2.05) is 17.9 Å². The van der Waals surface area contributed by atoms with Gasteiger partial charge in [-0.1, -0.05) is 5.16 Å². The van der Waals surface area contributed by atoms with Gasteiger partial charge in [0.25, 0.3) is 0 Å². The highest BCUT2D eigenvalue weighted by Crippen LogP contribution is 2.07. The van der Waals surface area contributed by atoms with Crippen molar-refractivity contribution in [3.8, 4) is 0 Å². The largest absolute Gasteiger partial charge is 0.385 e. The number of amides is 2. The lowest BCUT2D eigenvalue weighted by Crippen LogP contribution is -2.52. The van der Waals surface area contributed by atoms with Crippen LogP contribution in [0.4, 0.5) is 4.79 Å². The van der Waals surface area contributed by atoms with Crippen molar-refractivity contribution in [1.82, 2.24) is 20.3 Å². The highest BCUT2D eigenvalue weighted by atomic mass is 16.5. The van der Waals surface area contributed by atoms with Crippen LogP contribution in [-0.4, -0.2) is 66.9 Å². The first-order valence-electron chi connectivity index (χ1n) is 7.35. The summed E-state index contributed by atoms with van der Waals surface area (Å²) in [7, 11) is 1.67. The molecule has 0 aliphatic carbocycles. The van der Waals surface area contributed by atoms with E-state index in [0.29, 0.717) is 6.61 Å². The Morgan fingerprint density at radius 3 is 2.86 bits per heavy atom. The highest BCUT2D eigenvalue weighted by molar-refractivity contribution is 5.74. The van der Waals surface area contributed by atoms with Gasteiger partial charge in [-0.05, 0) is 13.3 Å². The highest BCUT2D eigenvalue weighted by Gasteiger charge is 2.22. The topological polar surface area (TPSA) is 70.8 Å². The maximum absolute atomic E-state index is 12.1. The van der Waals surface area contributed by atoms with Gasteiger partial charge in [0.1, 0.15) is 6.26 Å². The number of carbonyl (C=O) groups is 1. The maximum Gasteiger partial charge on any atom is 0.317 e. The summed E-state index contributed by atoms with van der Waals surface area (Å²) in [6.07, 6.45) is 2.41. The zero-order valence-corrected chi connectivity index (χ0v) is 12.7. The van der Waals surface area contributed by atoms with Gasteiger partial charge in [-0.3, -0.25) is 4.90 Å². The number of hydrogen-bond donors (Lipinski definition) is 1. The van der Waals surface area contributed by atoms with Crippen molar-refractivity contribution in [3.63, 3.8) is 0 Å². The first-order valence-corrected chi connectivity index (χ1v) is 7.35. The van der Waals surface area contributed by atoms with E-state index >= 15 is 0 Å². The second-order valence-electron chi connectivity index (χ2n) is 5.39. The number of nitrogens with zero attached hydrogens (tertiary/aromatic N) is 3. The Morgan fingerprint density at radius 1 is 1.48 bits per heavy atom. The zero-order valence-electron chi connectivity index (χ0n) is 12.7. The van der Waals surface area contributed by atoms with E-state index in [1.165, 1.54) is 0 Å². The summed E-state index contributed by atoms with van der Waals surface area (Å²) in [4.78, 5) is 16.3. The lowest BCUT2D eigenvalue weighted by molar-refractivity contribution is 0.129. The van der Waals surface area contributed by atoms with Gasteiger partial charge in [0.15, 0.2) is 0 Å². The molecule has 0 bridgehead atoms. The maximum atomic E-state index is 12.1. The number of hydrogen-bond acceptors (Lipinski definition) is 5. The third kappa shape index (κ3) is 5.02. The van der Waals surface area contributed by atoms with Crippen LogP contribution in [0, 0.1) is 0 Å². The van der Waals surface area contributed by atoms with E-state index in [-0.39, 0.29) is 12.1 Å². The molecule has 21 heavy (non-hydrogen) atoms. The second-order valence-corrected chi connectivity index (χ2v) is 5.39. The molecule has 118 valence electrons. The lowest BCUT2D eigenvalue weighted by Gasteiger charge is -2.34. The van der Waals surface area contributed by atoms with E-state index in [9.17, 15) is 4.79 Å². The predicted molar refractivity (Wildman–Crippen MR) is 77.8 cm³/mol. The number of aromatic nitrogens is 1. The molecular weight excluding hydrogens is 272 g/mol. The van der Waals surface area contributed by atoms with Crippen LogP contribution in [0.3, 0.4) is 0 Å². The Bertz CT molecular complexity index is 416. The average Bonchev–Trinajstić information content (AvgIpc) is 2.98. The van der Waals surface area contributed by atoms with Gasteiger partial charge < -0.3 is 19.5 Å². The van der Waals surface area contributed by atoms with Crippen LogP contribution in [0.2, 0.25) is 0 Å². The van der Waals surface area contributed by atoms with E-state index < -0.39 is 0 Å². The SMILES string of the molecule is COCC[C@@H](C)NC(=O)N1CCN(Cc2ccon2)CC1. The Balaban J connectivity index is 1.69. The van der Waals surface area contributed by atoms with Crippen LogP contribution in [0.25, 0.3) is 0 Å². The quantitative estimate of drug-likeness (QED) is 0.845. The van der Waals surface area contributed by atoms with E-state index in [1.54, 1.807) is 13.4 Å². The summed E-state index contributed by atoms with van der Waals surface area (Å²) in [5.74, 6) is 0. The molecule has 1 aromatic heterocycles. The minimum Gasteiger partial charge on any atom is -0.385 e. The number of urea groups is 1. The van der Waals surface area contributed by atoms with Gasteiger partial charge in [-0.15, -0.1) is 0 Å². The monoisotopic (exact) mass is 296 g/mol. The first kappa shape index (κ1) is 15.8. The third-order valence-electron chi connectivity index (χ3n) is 3.66. The summed E-state index contributed by atoms with van der Waals surface area (Å²) < 4.78 is 9.85. The van der Waals surface area contributed by atoms with Gasteiger partial charge >= 0.3 is 6.03 Å². The number of nitrogens with one attached hydrogen (secondary N) is 1. The Morgan fingerprint density at radius 2 is 2.24 bits per heavy atom. The van der Waals surface area contributed by atoms with Gasteiger partial charge in [0.05, 0.1) is 5.69 Å². The van der Waals surface area contributed by atoms with Crippen LogP contribution in [0.1, 0.15) is 19.0 Å². The van der Waals surface area contributed by atoms with Gasteiger partial charge in [-0.25, -0.2) is 4.79 Å². The van der Waals surface area contributed by atoms with E-state index in [4.69, 9.17) is 9.26 Å². The number of ether oxygens (including phenoxy) is 1. The van der Waals surface area contributed by atoms with Crippen molar-refractivity contribution in [3.05, 3.63) is 18.0 Å². The summed E-state index contributed by atoms with van der Waals surface area (Å²) in [6, 6.07) is 2.02. The second kappa shape index (κ2) is 7.99. The van der Waals surface area contributed by atoms with Crippen LogP contribution < -0.4 is 5.32 Å². The molecule has 2 amide bonds. The summed E-state index contributed by atoms with van der Waals surface area (Å²) in [5.41, 5.74) is 0.932. The summed E-state index contributed by atoms with van der Waals surface area (Å²) in [6.45, 7) is 6.61. The predicted octanol–water partition coefficient (Wildman–Crippen LogP) is 0.927. The fourth-order valence-electron chi connectivity index (χ4n) is 2.33. The number of carbonyl (C=O) groups excluding carboxylic acids is 1. The number of rotatable bonds is 6. The molecule has 0 aromatic carbocycles. The molecule has 0 unspecified atom stereocenters. The van der Waals surface area contributed by atoms with Crippen molar-refractivity contribution in [2.24, 2.45) is 0 Å². The molecule has 0 saturated carbocycles. The summed E-state index contributed by atoms with van der Waals surface area (Å²) >= 11 is 0. The van der Waals surface area contributed by atoms with Crippen LogP contribution in [-0.2, 0) is 11.3 Å². The molecule has 1 saturated heterocycles. The van der Waals surface area contributed by atoms with Gasteiger partial charge in [0, 0.05) is 58.5 Å². The number of piperazine rings is 1. The molecule has 1 N–H and O–H groups in total. The molecule has 1 aliphatic heterocycles. The number of methoxy groups -OCH3 is 1. The van der Waals surface area contributed by atoms with Crippen molar-refractivity contribution in [2.75, 3.05) is 39.9 Å².